The monoisotopic (exact) mass is 254 g/mol. The maximum Gasteiger partial charge on any atom is 0.251 e. The number of nitrogen functional groups attached to an aromatic ring is 1. The van der Waals surface area contributed by atoms with Crippen LogP contribution in [0.2, 0.25) is 0 Å². The third-order valence-corrected chi connectivity index (χ3v) is 2.43. The molecular formula is C13H19FN2O2. The van der Waals surface area contributed by atoms with Crippen molar-refractivity contribution in [3.05, 3.63) is 29.6 Å². The van der Waals surface area contributed by atoms with Gasteiger partial charge in [0.25, 0.3) is 5.91 Å². The molecule has 0 atom stereocenters. The SMILES string of the molecule is CCCCOCCNC(=O)c1ccc(F)c(N)c1. The number of amides is 1. The Kier molecular flexibility index (Phi) is 6.14. The number of unbranched alkanes of at least 4 members (excludes halogenated alkanes) is 1. The van der Waals surface area contributed by atoms with Crippen molar-refractivity contribution >= 4 is 11.6 Å². The number of carbonyl (C=O) groups is 1. The second kappa shape index (κ2) is 7.66. The molecule has 1 aromatic carbocycles. The first-order valence-electron chi connectivity index (χ1n) is 6.06. The van der Waals surface area contributed by atoms with Gasteiger partial charge in [-0.2, -0.15) is 0 Å². The first kappa shape index (κ1) is 14.4. The van der Waals surface area contributed by atoms with Crippen LogP contribution in [0.3, 0.4) is 0 Å². The smallest absolute Gasteiger partial charge is 0.251 e. The van der Waals surface area contributed by atoms with Gasteiger partial charge in [0.2, 0.25) is 0 Å². The lowest BCUT2D eigenvalue weighted by molar-refractivity contribution is 0.0913. The first-order chi connectivity index (χ1) is 8.65. The van der Waals surface area contributed by atoms with Gasteiger partial charge in [-0.05, 0) is 24.6 Å². The Morgan fingerprint density at radius 1 is 1.44 bits per heavy atom. The van der Waals surface area contributed by atoms with E-state index in [-0.39, 0.29) is 11.6 Å². The Morgan fingerprint density at radius 2 is 2.22 bits per heavy atom. The number of nitrogens with one attached hydrogen (secondary N) is 1. The summed E-state index contributed by atoms with van der Waals surface area (Å²) in [6.45, 7) is 3.70. The van der Waals surface area contributed by atoms with Gasteiger partial charge < -0.3 is 15.8 Å². The summed E-state index contributed by atoms with van der Waals surface area (Å²) in [5.74, 6) is -0.796. The molecule has 1 aromatic rings. The molecule has 0 heterocycles. The summed E-state index contributed by atoms with van der Waals surface area (Å²) in [5.41, 5.74) is 5.71. The fraction of sp³-hybridized carbons (Fsp3) is 0.462. The van der Waals surface area contributed by atoms with Crippen molar-refractivity contribution in [2.45, 2.75) is 19.8 Å². The van der Waals surface area contributed by atoms with Crippen LogP contribution in [0, 0.1) is 5.82 Å². The number of hydrogen-bond acceptors (Lipinski definition) is 3. The highest BCUT2D eigenvalue weighted by atomic mass is 19.1. The molecule has 0 radical (unpaired) electrons. The molecule has 0 aliphatic rings. The Hall–Kier alpha value is -1.62. The van der Waals surface area contributed by atoms with Crippen molar-refractivity contribution in [2.75, 3.05) is 25.5 Å². The molecule has 1 rings (SSSR count). The summed E-state index contributed by atoms with van der Waals surface area (Å²) >= 11 is 0. The minimum absolute atomic E-state index is 0.0261. The summed E-state index contributed by atoms with van der Waals surface area (Å²) in [7, 11) is 0. The van der Waals surface area contributed by atoms with Gasteiger partial charge in [0.05, 0.1) is 12.3 Å². The number of ether oxygens (including phenoxy) is 1. The lowest BCUT2D eigenvalue weighted by atomic mass is 10.2. The van der Waals surface area contributed by atoms with Gasteiger partial charge in [0.15, 0.2) is 0 Å². The normalized spacial score (nSPS) is 10.3. The Labute approximate surface area is 106 Å². The molecule has 0 saturated carbocycles. The number of nitrogens with two attached hydrogens (primary N) is 1. The molecule has 0 saturated heterocycles. The Bertz CT molecular complexity index is 397. The number of rotatable bonds is 7. The van der Waals surface area contributed by atoms with Gasteiger partial charge in [-0.25, -0.2) is 4.39 Å². The third-order valence-electron chi connectivity index (χ3n) is 2.43. The minimum Gasteiger partial charge on any atom is -0.396 e. The fourth-order valence-corrected chi connectivity index (χ4v) is 1.37. The van der Waals surface area contributed by atoms with Gasteiger partial charge in [0, 0.05) is 18.7 Å². The maximum atomic E-state index is 12.9. The molecule has 0 aromatic heterocycles. The topological polar surface area (TPSA) is 64.3 Å². The van der Waals surface area contributed by atoms with Crippen molar-refractivity contribution in [2.24, 2.45) is 0 Å². The number of anilines is 1. The van der Waals surface area contributed by atoms with E-state index in [1.165, 1.54) is 18.2 Å². The molecule has 3 N–H and O–H groups in total. The van der Waals surface area contributed by atoms with Gasteiger partial charge in [-0.1, -0.05) is 13.3 Å². The lowest BCUT2D eigenvalue weighted by Gasteiger charge is -2.07. The van der Waals surface area contributed by atoms with E-state index in [0.717, 1.165) is 12.8 Å². The van der Waals surface area contributed by atoms with Gasteiger partial charge in [0.1, 0.15) is 5.82 Å². The van der Waals surface area contributed by atoms with Crippen LogP contribution in [0.4, 0.5) is 10.1 Å². The molecule has 5 heteroatoms. The highest BCUT2D eigenvalue weighted by Crippen LogP contribution is 2.11. The largest absolute Gasteiger partial charge is 0.396 e. The first-order valence-corrected chi connectivity index (χ1v) is 6.06. The predicted octanol–water partition coefficient (Wildman–Crippen LogP) is 1.95. The molecule has 1 amide bonds. The molecule has 0 fully saturated rings. The van der Waals surface area contributed by atoms with Crippen LogP contribution >= 0.6 is 0 Å². The molecular weight excluding hydrogens is 235 g/mol. The Morgan fingerprint density at radius 3 is 2.89 bits per heavy atom. The average molecular weight is 254 g/mol. The molecule has 0 spiro atoms. The highest BCUT2D eigenvalue weighted by molar-refractivity contribution is 5.94. The number of carbonyl (C=O) groups excluding carboxylic acids is 1. The zero-order valence-corrected chi connectivity index (χ0v) is 10.5. The highest BCUT2D eigenvalue weighted by Gasteiger charge is 2.07. The summed E-state index contributed by atoms with van der Waals surface area (Å²) in [5, 5.41) is 2.68. The average Bonchev–Trinajstić information content (AvgIpc) is 2.36. The van der Waals surface area contributed by atoms with E-state index < -0.39 is 5.82 Å². The summed E-state index contributed by atoms with van der Waals surface area (Å²) < 4.78 is 18.2. The lowest BCUT2D eigenvalue weighted by Crippen LogP contribution is -2.27. The van der Waals surface area contributed by atoms with Crippen molar-refractivity contribution < 1.29 is 13.9 Å². The number of halogens is 1. The van der Waals surface area contributed by atoms with Crippen molar-refractivity contribution in [1.82, 2.24) is 5.32 Å². The van der Waals surface area contributed by atoms with E-state index in [0.29, 0.717) is 25.3 Å². The molecule has 0 aliphatic heterocycles. The van der Waals surface area contributed by atoms with Crippen LogP contribution < -0.4 is 11.1 Å². The van der Waals surface area contributed by atoms with Crippen molar-refractivity contribution in [1.29, 1.82) is 0 Å². The zero-order valence-electron chi connectivity index (χ0n) is 10.5. The molecule has 0 unspecified atom stereocenters. The van der Waals surface area contributed by atoms with Crippen LogP contribution in [0.5, 0.6) is 0 Å². The van der Waals surface area contributed by atoms with Crippen LogP contribution in [-0.2, 0) is 4.74 Å². The van der Waals surface area contributed by atoms with E-state index in [4.69, 9.17) is 10.5 Å². The van der Waals surface area contributed by atoms with Crippen LogP contribution in [0.15, 0.2) is 18.2 Å². The van der Waals surface area contributed by atoms with Crippen LogP contribution in [0.1, 0.15) is 30.1 Å². The second-order valence-electron chi connectivity index (χ2n) is 3.96. The van der Waals surface area contributed by atoms with E-state index >= 15 is 0 Å². The van der Waals surface area contributed by atoms with E-state index in [2.05, 4.69) is 12.2 Å². The maximum absolute atomic E-state index is 12.9. The van der Waals surface area contributed by atoms with Gasteiger partial charge in [-0.15, -0.1) is 0 Å². The zero-order chi connectivity index (χ0) is 13.4. The quantitative estimate of drug-likeness (QED) is 0.577. The summed E-state index contributed by atoms with van der Waals surface area (Å²) in [4.78, 5) is 11.7. The van der Waals surface area contributed by atoms with Crippen LogP contribution in [-0.4, -0.2) is 25.7 Å². The molecule has 100 valence electrons. The fourth-order valence-electron chi connectivity index (χ4n) is 1.37. The van der Waals surface area contributed by atoms with E-state index in [9.17, 15) is 9.18 Å². The van der Waals surface area contributed by atoms with Crippen molar-refractivity contribution in [3.8, 4) is 0 Å². The minimum atomic E-state index is -0.519. The number of benzene rings is 1. The van der Waals surface area contributed by atoms with Crippen LogP contribution in [0.25, 0.3) is 0 Å². The predicted molar refractivity (Wildman–Crippen MR) is 68.9 cm³/mol. The van der Waals surface area contributed by atoms with E-state index in [1.54, 1.807) is 0 Å². The molecule has 0 aliphatic carbocycles. The summed E-state index contributed by atoms with van der Waals surface area (Å²) in [6.07, 6.45) is 2.10. The van der Waals surface area contributed by atoms with Crippen molar-refractivity contribution in [3.63, 3.8) is 0 Å². The second-order valence-corrected chi connectivity index (χ2v) is 3.96. The van der Waals surface area contributed by atoms with E-state index in [1.807, 2.05) is 0 Å². The third kappa shape index (κ3) is 4.71. The van der Waals surface area contributed by atoms with Gasteiger partial charge >= 0.3 is 0 Å². The molecule has 4 nitrogen and oxygen atoms in total. The Balaban J connectivity index is 2.30. The molecule has 18 heavy (non-hydrogen) atoms. The standard InChI is InChI=1S/C13H19FN2O2/c1-2-3-7-18-8-6-16-13(17)10-4-5-11(14)12(15)9-10/h4-5,9H,2-3,6-8,15H2,1H3,(H,16,17). The van der Waals surface area contributed by atoms with Gasteiger partial charge in [-0.3, -0.25) is 4.79 Å². The number of hydrogen-bond donors (Lipinski definition) is 2. The summed E-state index contributed by atoms with van der Waals surface area (Å²) in [6, 6.07) is 3.91. The molecule has 0 bridgehead atoms.